The van der Waals surface area contributed by atoms with Gasteiger partial charge in [-0.1, -0.05) is 43.6 Å². The minimum atomic E-state index is -1.66. The molecule has 2 atom stereocenters. The van der Waals surface area contributed by atoms with Gasteiger partial charge in [0.05, 0.1) is 39.0 Å². The average Bonchev–Trinajstić information content (AvgIpc) is 3.02. The number of anilines is 3. The van der Waals surface area contributed by atoms with E-state index in [1.807, 2.05) is 25.7 Å². The maximum absolute atomic E-state index is 15.5. The number of carbonyl (C=O) groups is 1. The van der Waals surface area contributed by atoms with E-state index in [9.17, 15) is 23.9 Å². The van der Waals surface area contributed by atoms with Gasteiger partial charge in [-0.2, -0.15) is 5.26 Å². The number of aryl methyl sites for hydroxylation is 1. The van der Waals surface area contributed by atoms with Gasteiger partial charge in [0, 0.05) is 37.4 Å². The molecule has 9 nitrogen and oxygen atoms in total. The lowest BCUT2D eigenvalue weighted by molar-refractivity contribution is -0.129. The maximum atomic E-state index is 15.5. The van der Waals surface area contributed by atoms with Gasteiger partial charge in [-0.15, -0.1) is 0 Å². The number of nitriles is 1. The molecule has 2 aromatic heterocycles. The molecule has 2 aliphatic rings. The number of aliphatic hydroxyl groups is 1. The van der Waals surface area contributed by atoms with Crippen molar-refractivity contribution in [1.82, 2.24) is 19.8 Å². The molecule has 1 unspecified atom stereocenters. The van der Waals surface area contributed by atoms with E-state index in [1.54, 1.807) is 24.1 Å². The summed E-state index contributed by atoms with van der Waals surface area (Å²) in [4.78, 5) is 26.5. The fraction of sp³-hybridized carbons (Fsp3) is 0.312. The molecule has 1 fully saturated rings. The van der Waals surface area contributed by atoms with E-state index in [-0.39, 0.29) is 65.2 Å². The van der Waals surface area contributed by atoms with Gasteiger partial charge in [-0.3, -0.25) is 14.7 Å². The molecule has 0 bridgehead atoms. The number of benzene rings is 1. The highest BCUT2D eigenvalue weighted by Crippen LogP contribution is 2.49. The summed E-state index contributed by atoms with van der Waals surface area (Å²) in [5.41, 5.74) is 6.15. The molecule has 1 aromatic carbocycles. The van der Waals surface area contributed by atoms with Crippen molar-refractivity contribution in [2.75, 3.05) is 30.3 Å². The van der Waals surface area contributed by atoms with Crippen LogP contribution in [0.3, 0.4) is 0 Å². The number of halogens is 5. The van der Waals surface area contributed by atoms with Crippen LogP contribution in [0.2, 0.25) is 10.0 Å². The number of hydrogen-bond donors (Lipinski definition) is 2. The summed E-state index contributed by atoms with van der Waals surface area (Å²) in [5.74, 6) is -4.98. The zero-order valence-electron chi connectivity index (χ0n) is 25.4. The molecule has 14 heteroatoms. The van der Waals surface area contributed by atoms with E-state index >= 15 is 4.39 Å². The third-order valence-corrected chi connectivity index (χ3v) is 8.82. The fourth-order valence-electron chi connectivity index (χ4n) is 6.00. The third kappa shape index (κ3) is 5.22. The van der Waals surface area contributed by atoms with Crippen LogP contribution in [0.4, 0.5) is 30.4 Å². The maximum Gasteiger partial charge on any atom is 0.246 e. The molecule has 4 heterocycles. The molecule has 5 rings (SSSR count). The van der Waals surface area contributed by atoms with E-state index in [4.69, 9.17) is 28.9 Å². The first-order chi connectivity index (χ1) is 21.7. The Morgan fingerprint density at radius 2 is 1.93 bits per heavy atom. The summed E-state index contributed by atoms with van der Waals surface area (Å²) in [6.45, 7) is 11.8. The fourth-order valence-corrected chi connectivity index (χ4v) is 6.42. The number of nitrogens with zero attached hydrogens (tertiary/aromatic N) is 6. The molecule has 0 spiro atoms. The van der Waals surface area contributed by atoms with E-state index in [0.29, 0.717) is 22.6 Å². The molecule has 0 aliphatic carbocycles. The number of carbonyl (C=O) groups excluding carboxylic acids is 1. The van der Waals surface area contributed by atoms with Crippen LogP contribution in [-0.2, 0) is 4.79 Å². The van der Waals surface area contributed by atoms with Crippen LogP contribution in [0.5, 0.6) is 0 Å². The molecule has 0 radical (unpaired) electrons. The normalized spacial score (nSPS) is 18.2. The van der Waals surface area contributed by atoms with Gasteiger partial charge in [0.25, 0.3) is 0 Å². The lowest BCUT2D eigenvalue weighted by Crippen LogP contribution is -2.54. The Hall–Kier alpha value is -4.31. The summed E-state index contributed by atoms with van der Waals surface area (Å²) >= 11 is 12.5. The predicted octanol–water partition coefficient (Wildman–Crippen LogP) is 6.31. The molecule has 0 saturated carbocycles. The van der Waals surface area contributed by atoms with Gasteiger partial charge in [0.15, 0.2) is 23.7 Å². The molecular weight excluding hydrogens is 642 g/mol. The van der Waals surface area contributed by atoms with Crippen molar-refractivity contribution in [2.45, 2.75) is 45.9 Å². The van der Waals surface area contributed by atoms with Gasteiger partial charge in [-0.25, -0.2) is 18.2 Å². The van der Waals surface area contributed by atoms with Gasteiger partial charge < -0.3 is 20.6 Å². The molecule has 3 aromatic rings. The van der Waals surface area contributed by atoms with Crippen molar-refractivity contribution in [2.24, 2.45) is 0 Å². The monoisotopic (exact) mass is 671 g/mol. The van der Waals surface area contributed by atoms with Crippen LogP contribution in [0.25, 0.3) is 17.0 Å². The Balaban J connectivity index is 1.83. The van der Waals surface area contributed by atoms with Crippen molar-refractivity contribution < 1.29 is 23.1 Å². The Morgan fingerprint density at radius 1 is 1.24 bits per heavy atom. The van der Waals surface area contributed by atoms with Crippen LogP contribution in [-0.4, -0.2) is 62.7 Å². The number of rotatable bonds is 5. The standard InChI is InChI=1S/C32H30Cl2F3N7O2/c1-6-20(45)43-10-9-42(13-16(43)5)30-17-11-19(33)28(21-23(35)22(34)24(36)25(37)26(21)39)41-31(17)44(32(46)18(30)12-38)29-15(4)7-8-40-27(29)14(2)3/h6-8,11,14,16,32,46H,1,9-10,13,39H2,2-5H3/t16-,32?/m1/s1. The van der Waals surface area contributed by atoms with Crippen molar-refractivity contribution in [3.63, 3.8) is 0 Å². The highest BCUT2D eigenvalue weighted by atomic mass is 35.5. The first-order valence-electron chi connectivity index (χ1n) is 14.3. The van der Waals surface area contributed by atoms with Crippen LogP contribution in [0.15, 0.2) is 36.6 Å². The van der Waals surface area contributed by atoms with Crippen LogP contribution >= 0.6 is 23.2 Å². The predicted molar refractivity (Wildman–Crippen MR) is 171 cm³/mol. The largest absolute Gasteiger partial charge is 0.396 e. The number of piperazine rings is 1. The highest BCUT2D eigenvalue weighted by Gasteiger charge is 2.41. The van der Waals surface area contributed by atoms with E-state index < -0.39 is 40.0 Å². The SMILES string of the molecule is C=CC(=O)N1CCN(C2=C(C#N)C(O)N(c3c(C)ccnc3C(C)C)c3nc(-c4c(N)c(F)c(F)c(Cl)c4F)c(Cl)cc32)C[C@H]1C. The summed E-state index contributed by atoms with van der Waals surface area (Å²) in [5, 5.41) is 21.1. The van der Waals surface area contributed by atoms with Gasteiger partial charge >= 0.3 is 0 Å². The topological polar surface area (TPSA) is 123 Å². The third-order valence-electron chi connectivity index (χ3n) is 8.20. The highest BCUT2D eigenvalue weighted by molar-refractivity contribution is 6.34. The Kier molecular flexibility index (Phi) is 8.96. The van der Waals surface area contributed by atoms with Crippen LogP contribution in [0, 0.1) is 35.7 Å². The van der Waals surface area contributed by atoms with Crippen molar-refractivity contribution >= 4 is 52.0 Å². The van der Waals surface area contributed by atoms with E-state index in [1.165, 1.54) is 17.0 Å². The van der Waals surface area contributed by atoms with Crippen LogP contribution < -0.4 is 10.6 Å². The number of aromatic nitrogens is 2. The molecule has 2 aliphatic heterocycles. The van der Waals surface area contributed by atoms with E-state index in [2.05, 4.69) is 22.6 Å². The lowest BCUT2D eigenvalue weighted by Gasteiger charge is -2.45. The average molecular weight is 673 g/mol. The summed E-state index contributed by atoms with van der Waals surface area (Å²) in [6, 6.07) is 4.97. The lowest BCUT2D eigenvalue weighted by atomic mass is 9.94. The van der Waals surface area contributed by atoms with Gasteiger partial charge in [0.2, 0.25) is 5.91 Å². The molecule has 1 amide bonds. The molecule has 240 valence electrons. The Labute approximate surface area is 274 Å². The number of nitrogens with two attached hydrogens (primary N) is 1. The number of pyridine rings is 2. The number of aliphatic hydroxyl groups excluding tert-OH is 1. The molecule has 46 heavy (non-hydrogen) atoms. The first-order valence-corrected chi connectivity index (χ1v) is 15.1. The number of nitrogen functional groups attached to an aromatic ring is 1. The van der Waals surface area contributed by atoms with E-state index in [0.717, 1.165) is 0 Å². The summed E-state index contributed by atoms with van der Waals surface area (Å²) < 4.78 is 44.6. The molecular formula is C32H30Cl2F3N7O2. The zero-order valence-corrected chi connectivity index (χ0v) is 26.9. The Morgan fingerprint density at radius 3 is 2.54 bits per heavy atom. The molecule has 1 saturated heterocycles. The number of fused-ring (bicyclic) bond motifs is 1. The van der Waals surface area contributed by atoms with Crippen LogP contribution in [0.1, 0.15) is 43.5 Å². The van der Waals surface area contributed by atoms with Gasteiger partial charge in [0.1, 0.15) is 22.5 Å². The first kappa shape index (κ1) is 33.1. The van der Waals surface area contributed by atoms with Gasteiger partial charge in [-0.05, 0) is 43.5 Å². The summed E-state index contributed by atoms with van der Waals surface area (Å²) in [7, 11) is 0. The van der Waals surface area contributed by atoms with Crippen molar-refractivity contribution in [3.8, 4) is 17.3 Å². The minimum Gasteiger partial charge on any atom is -0.396 e. The smallest absolute Gasteiger partial charge is 0.246 e. The zero-order chi connectivity index (χ0) is 33.8. The second kappa shape index (κ2) is 12.5. The quantitative estimate of drug-likeness (QED) is 0.140. The Bertz CT molecular complexity index is 1830. The number of hydrogen-bond acceptors (Lipinski definition) is 8. The summed E-state index contributed by atoms with van der Waals surface area (Å²) in [6.07, 6.45) is 1.23. The number of amides is 1. The van der Waals surface area contributed by atoms with Crippen molar-refractivity contribution in [1.29, 1.82) is 5.26 Å². The second-order valence-corrected chi connectivity index (χ2v) is 12.2. The second-order valence-electron chi connectivity index (χ2n) is 11.4. The molecule has 3 N–H and O–H groups in total. The minimum absolute atomic E-state index is 0.0239. The van der Waals surface area contributed by atoms with Crippen molar-refractivity contribution in [3.05, 3.63) is 80.9 Å².